The first-order valence-corrected chi connectivity index (χ1v) is 11.1. The minimum atomic E-state index is -0.636. The Bertz CT molecular complexity index is 1020. The summed E-state index contributed by atoms with van der Waals surface area (Å²) in [4.78, 5) is 42.8. The van der Waals surface area contributed by atoms with Gasteiger partial charge in [-0.2, -0.15) is 0 Å². The van der Waals surface area contributed by atoms with Gasteiger partial charge < -0.3 is 10.6 Å². The van der Waals surface area contributed by atoms with Crippen molar-refractivity contribution in [3.05, 3.63) is 50.2 Å². The van der Waals surface area contributed by atoms with Crippen LogP contribution in [0.1, 0.15) is 38.8 Å². The molecule has 0 bridgehead atoms. The van der Waals surface area contributed by atoms with Crippen LogP contribution in [0.4, 0.5) is 11.5 Å². The molecule has 0 radical (unpaired) electrons. The van der Waals surface area contributed by atoms with E-state index in [2.05, 4.69) is 4.98 Å². The van der Waals surface area contributed by atoms with Crippen molar-refractivity contribution in [3.63, 3.8) is 0 Å². The molecule has 8 heteroatoms. The van der Waals surface area contributed by atoms with Crippen molar-refractivity contribution in [3.8, 4) is 0 Å². The van der Waals surface area contributed by atoms with Crippen LogP contribution in [0.15, 0.2) is 32.7 Å². The number of nitrogens with zero attached hydrogens (tertiary/aromatic N) is 2. The molecule has 1 amide bonds. The number of aromatic nitrogens is 2. The molecule has 0 spiro atoms. The number of hydrogen-bond acceptors (Lipinski definition) is 5. The molecular formula is C22H32N4O3S. The van der Waals surface area contributed by atoms with Crippen molar-refractivity contribution in [2.75, 3.05) is 22.9 Å². The van der Waals surface area contributed by atoms with Gasteiger partial charge in [-0.25, -0.2) is 4.79 Å². The second kappa shape index (κ2) is 10.0. The number of anilines is 2. The Morgan fingerprint density at radius 2 is 1.80 bits per heavy atom. The van der Waals surface area contributed by atoms with Gasteiger partial charge in [0.2, 0.25) is 5.91 Å². The van der Waals surface area contributed by atoms with Crippen LogP contribution in [-0.2, 0) is 11.3 Å². The number of H-pyrrole nitrogens is 1. The summed E-state index contributed by atoms with van der Waals surface area (Å²) in [6.07, 6.45) is 0. The van der Waals surface area contributed by atoms with Gasteiger partial charge in [-0.15, -0.1) is 11.8 Å². The summed E-state index contributed by atoms with van der Waals surface area (Å²) >= 11 is 1.42. The highest BCUT2D eigenvalue weighted by atomic mass is 32.2. The summed E-state index contributed by atoms with van der Waals surface area (Å²) in [6, 6.07) is 6.06. The Hall–Kier alpha value is -2.48. The standard InChI is InChI=1S/C22H32N4O3S/c1-13(2)10-25(18(27)12-30-17-8-7-15(5)16(6)9-17)19-20(23)26(11-14(3)4)22(29)24-21(19)28/h7-9,13-14H,10-12,23H2,1-6H3,(H,24,28,29). The molecule has 2 aromatic rings. The minimum absolute atomic E-state index is 0.0302. The summed E-state index contributed by atoms with van der Waals surface area (Å²) in [6.45, 7) is 12.6. The lowest BCUT2D eigenvalue weighted by atomic mass is 10.1. The number of carbonyl (C=O) groups excluding carboxylic acids is 1. The van der Waals surface area contributed by atoms with Gasteiger partial charge >= 0.3 is 5.69 Å². The van der Waals surface area contributed by atoms with Crippen molar-refractivity contribution in [1.82, 2.24) is 9.55 Å². The molecule has 0 unspecified atom stereocenters. The van der Waals surface area contributed by atoms with Crippen LogP contribution in [0, 0.1) is 25.7 Å². The summed E-state index contributed by atoms with van der Waals surface area (Å²) < 4.78 is 1.33. The largest absolute Gasteiger partial charge is 0.383 e. The highest BCUT2D eigenvalue weighted by Crippen LogP contribution is 2.24. The fourth-order valence-corrected chi connectivity index (χ4v) is 3.96. The molecule has 2 rings (SSSR count). The number of aromatic amines is 1. The number of rotatable bonds is 8. The average Bonchev–Trinajstić information content (AvgIpc) is 2.64. The number of nitrogen functional groups attached to an aromatic ring is 1. The maximum atomic E-state index is 13.1. The first-order valence-electron chi connectivity index (χ1n) is 10.1. The molecular weight excluding hydrogens is 400 g/mol. The number of nitrogens with one attached hydrogen (secondary N) is 1. The zero-order valence-electron chi connectivity index (χ0n) is 18.6. The van der Waals surface area contributed by atoms with E-state index in [1.807, 2.05) is 59.7 Å². The molecule has 0 aliphatic heterocycles. The topological polar surface area (TPSA) is 101 Å². The van der Waals surface area contributed by atoms with E-state index in [1.54, 1.807) is 0 Å². The zero-order chi connectivity index (χ0) is 22.6. The number of thioether (sulfide) groups is 1. The molecule has 0 fully saturated rings. The number of hydrogen-bond donors (Lipinski definition) is 2. The zero-order valence-corrected chi connectivity index (χ0v) is 19.4. The lowest BCUT2D eigenvalue weighted by Crippen LogP contribution is -2.43. The normalized spacial score (nSPS) is 11.3. The van der Waals surface area contributed by atoms with Gasteiger partial charge in [0.25, 0.3) is 5.56 Å². The highest BCUT2D eigenvalue weighted by Gasteiger charge is 2.25. The van der Waals surface area contributed by atoms with E-state index < -0.39 is 11.2 Å². The van der Waals surface area contributed by atoms with Crippen LogP contribution in [0.25, 0.3) is 0 Å². The van der Waals surface area contributed by atoms with Crippen molar-refractivity contribution < 1.29 is 4.79 Å². The van der Waals surface area contributed by atoms with E-state index >= 15 is 0 Å². The Kier molecular flexibility index (Phi) is 7.95. The number of nitrogens with two attached hydrogens (primary N) is 1. The predicted octanol–water partition coefficient (Wildman–Crippen LogP) is 3.17. The van der Waals surface area contributed by atoms with Gasteiger partial charge in [0.05, 0.1) is 5.75 Å². The van der Waals surface area contributed by atoms with E-state index in [0.717, 1.165) is 10.5 Å². The molecule has 1 aromatic heterocycles. The van der Waals surface area contributed by atoms with E-state index in [9.17, 15) is 14.4 Å². The maximum absolute atomic E-state index is 13.1. The fraction of sp³-hybridized carbons (Fsp3) is 0.500. The Balaban J connectivity index is 2.39. The summed E-state index contributed by atoms with van der Waals surface area (Å²) in [5.41, 5.74) is 7.44. The van der Waals surface area contributed by atoms with Gasteiger partial charge in [0.15, 0.2) is 5.69 Å². The van der Waals surface area contributed by atoms with Gasteiger partial charge in [-0.1, -0.05) is 33.8 Å². The number of benzene rings is 1. The summed E-state index contributed by atoms with van der Waals surface area (Å²) in [5.74, 6) is 0.238. The van der Waals surface area contributed by atoms with Crippen molar-refractivity contribution in [2.24, 2.45) is 11.8 Å². The first kappa shape index (κ1) is 23.8. The molecule has 1 heterocycles. The molecule has 0 aliphatic carbocycles. The Morgan fingerprint density at radius 1 is 1.13 bits per heavy atom. The summed E-state index contributed by atoms with van der Waals surface area (Å²) in [7, 11) is 0. The molecule has 0 aliphatic rings. The van der Waals surface area contributed by atoms with Crippen LogP contribution in [0.5, 0.6) is 0 Å². The lowest BCUT2D eigenvalue weighted by molar-refractivity contribution is -0.116. The third-order valence-corrected chi connectivity index (χ3v) is 5.70. The Morgan fingerprint density at radius 3 is 2.37 bits per heavy atom. The van der Waals surface area contributed by atoms with Crippen molar-refractivity contribution in [2.45, 2.75) is 53.0 Å². The van der Waals surface area contributed by atoms with E-state index in [4.69, 9.17) is 5.73 Å². The average molecular weight is 433 g/mol. The monoisotopic (exact) mass is 432 g/mol. The smallest absolute Gasteiger partial charge is 0.330 e. The predicted molar refractivity (Wildman–Crippen MR) is 124 cm³/mol. The molecule has 1 aromatic carbocycles. The van der Waals surface area contributed by atoms with Crippen molar-refractivity contribution in [1.29, 1.82) is 0 Å². The lowest BCUT2D eigenvalue weighted by Gasteiger charge is -2.26. The van der Waals surface area contributed by atoms with Gasteiger partial charge in [-0.3, -0.25) is 19.1 Å². The molecule has 7 nitrogen and oxygen atoms in total. The second-order valence-electron chi connectivity index (χ2n) is 8.43. The number of carbonyl (C=O) groups is 1. The molecule has 3 N–H and O–H groups in total. The van der Waals surface area contributed by atoms with Gasteiger partial charge in [0, 0.05) is 18.0 Å². The summed E-state index contributed by atoms with van der Waals surface area (Å²) in [5, 5.41) is 0. The molecule has 0 saturated carbocycles. The minimum Gasteiger partial charge on any atom is -0.383 e. The maximum Gasteiger partial charge on any atom is 0.330 e. The SMILES string of the molecule is Cc1ccc(SCC(=O)N(CC(C)C)c2c(N)n(CC(C)C)c(=O)[nH]c2=O)cc1C. The van der Waals surface area contributed by atoms with Crippen LogP contribution >= 0.6 is 11.8 Å². The first-order chi connectivity index (χ1) is 14.0. The van der Waals surface area contributed by atoms with Crippen LogP contribution in [-0.4, -0.2) is 27.8 Å². The molecule has 0 atom stereocenters. The molecule has 164 valence electrons. The quantitative estimate of drug-likeness (QED) is 0.624. The third kappa shape index (κ3) is 5.78. The van der Waals surface area contributed by atoms with E-state index in [-0.39, 0.29) is 35.0 Å². The second-order valence-corrected chi connectivity index (χ2v) is 9.48. The highest BCUT2D eigenvalue weighted by molar-refractivity contribution is 8.00. The van der Waals surface area contributed by atoms with E-state index in [0.29, 0.717) is 13.1 Å². The van der Waals surface area contributed by atoms with Gasteiger partial charge in [0.1, 0.15) is 5.82 Å². The van der Waals surface area contributed by atoms with Gasteiger partial charge in [-0.05, 0) is 48.9 Å². The fourth-order valence-electron chi connectivity index (χ4n) is 3.09. The third-order valence-electron chi connectivity index (χ3n) is 4.72. The van der Waals surface area contributed by atoms with Crippen LogP contribution < -0.4 is 21.9 Å². The number of amides is 1. The van der Waals surface area contributed by atoms with Crippen LogP contribution in [0.3, 0.4) is 0 Å². The molecule has 30 heavy (non-hydrogen) atoms. The van der Waals surface area contributed by atoms with Crippen molar-refractivity contribution >= 4 is 29.2 Å². The van der Waals surface area contributed by atoms with Crippen LogP contribution in [0.2, 0.25) is 0 Å². The Labute approximate surface area is 181 Å². The number of aryl methyl sites for hydroxylation is 2. The van der Waals surface area contributed by atoms with E-state index in [1.165, 1.54) is 26.8 Å². The molecule has 0 saturated heterocycles.